The van der Waals surface area contributed by atoms with Gasteiger partial charge in [-0.25, -0.2) is 4.98 Å². The molecule has 14 nitrogen and oxygen atoms in total. The molecule has 2 aromatic heterocycles. The van der Waals surface area contributed by atoms with Crippen molar-refractivity contribution in [1.29, 1.82) is 0 Å². The summed E-state index contributed by atoms with van der Waals surface area (Å²) in [6, 6.07) is 3.31. The van der Waals surface area contributed by atoms with Gasteiger partial charge in [0.05, 0.1) is 5.57 Å². The summed E-state index contributed by atoms with van der Waals surface area (Å²) < 4.78 is 29.3. The van der Waals surface area contributed by atoms with Gasteiger partial charge in [0.25, 0.3) is 11.8 Å². The number of pyridine rings is 1. The van der Waals surface area contributed by atoms with Crippen LogP contribution in [-0.4, -0.2) is 88.2 Å². The van der Waals surface area contributed by atoms with Gasteiger partial charge in [0, 0.05) is 64.2 Å². The number of hydrogen-bond donors (Lipinski definition) is 0. The second-order valence-electron chi connectivity index (χ2n) is 9.17. The van der Waals surface area contributed by atoms with Crippen molar-refractivity contribution in [3.05, 3.63) is 36.2 Å². The minimum absolute atomic E-state index is 0.106. The lowest BCUT2D eigenvalue weighted by molar-refractivity contribution is -0.267. The zero-order valence-corrected chi connectivity index (χ0v) is 22.3. The van der Waals surface area contributed by atoms with Crippen molar-refractivity contribution in [3.8, 4) is 0 Å². The van der Waals surface area contributed by atoms with E-state index < -0.39 is 72.9 Å². The molecule has 2 amide bonds. The van der Waals surface area contributed by atoms with Crippen LogP contribution in [0.5, 0.6) is 0 Å². The van der Waals surface area contributed by atoms with Crippen LogP contribution in [0.3, 0.4) is 0 Å². The van der Waals surface area contributed by atoms with Gasteiger partial charge >= 0.3 is 23.9 Å². The van der Waals surface area contributed by atoms with Gasteiger partial charge in [0.2, 0.25) is 0 Å². The lowest BCUT2D eigenvalue weighted by Gasteiger charge is -2.44. The molecule has 40 heavy (non-hydrogen) atoms. The van der Waals surface area contributed by atoms with E-state index in [1.807, 2.05) is 0 Å². The minimum atomic E-state index is -1.39. The summed E-state index contributed by atoms with van der Waals surface area (Å²) in [7, 11) is 1.35. The number of ether oxygens (including phenoxy) is 5. The Morgan fingerprint density at radius 1 is 0.925 bits per heavy atom. The fourth-order valence-corrected chi connectivity index (χ4v) is 4.68. The highest BCUT2D eigenvalue weighted by Crippen LogP contribution is 2.39. The summed E-state index contributed by atoms with van der Waals surface area (Å²) in [5, 5.41) is 0.470. The SMILES string of the molecule is CC(=O)OC[C@H]1O[C@@H](n2cc(C3=CC(=O)N(C)C3=O)c3cccnc32)[C@H](OC(C)=O)[C@@H](OC(C)=O)[C@@H]1OC(C)=O. The smallest absolute Gasteiger partial charge is 0.303 e. The van der Waals surface area contributed by atoms with Crippen LogP contribution in [0.15, 0.2) is 30.6 Å². The largest absolute Gasteiger partial charge is 0.463 e. The maximum absolute atomic E-state index is 12.8. The van der Waals surface area contributed by atoms with Crippen molar-refractivity contribution < 1.29 is 52.5 Å². The fraction of sp³-hybridized carbons (Fsp3) is 0.423. The third-order valence-corrected chi connectivity index (χ3v) is 6.25. The molecule has 4 rings (SSSR count). The van der Waals surface area contributed by atoms with Crippen molar-refractivity contribution in [2.45, 2.75) is 58.3 Å². The third-order valence-electron chi connectivity index (χ3n) is 6.25. The fourth-order valence-electron chi connectivity index (χ4n) is 4.68. The van der Waals surface area contributed by atoms with Crippen molar-refractivity contribution in [2.75, 3.05) is 13.7 Å². The maximum Gasteiger partial charge on any atom is 0.303 e. The van der Waals surface area contributed by atoms with Crippen LogP contribution >= 0.6 is 0 Å². The van der Waals surface area contributed by atoms with Gasteiger partial charge in [-0.15, -0.1) is 0 Å². The van der Waals surface area contributed by atoms with Gasteiger partial charge in [-0.05, 0) is 12.1 Å². The number of hydrogen-bond acceptors (Lipinski definition) is 12. The zero-order chi connectivity index (χ0) is 29.3. The Labute approximate surface area is 227 Å². The van der Waals surface area contributed by atoms with Crippen molar-refractivity contribution in [1.82, 2.24) is 14.5 Å². The van der Waals surface area contributed by atoms with Gasteiger partial charge in [0.15, 0.2) is 24.5 Å². The molecule has 0 saturated carbocycles. The molecule has 1 saturated heterocycles. The first kappa shape index (κ1) is 28.4. The number of nitrogens with zero attached hydrogens (tertiary/aromatic N) is 3. The first-order chi connectivity index (χ1) is 18.9. The molecule has 0 radical (unpaired) electrons. The van der Waals surface area contributed by atoms with Gasteiger partial charge in [-0.3, -0.25) is 33.7 Å². The highest BCUT2D eigenvalue weighted by atomic mass is 16.7. The van der Waals surface area contributed by atoms with Crippen LogP contribution in [0, 0.1) is 0 Å². The molecular weight excluding hydrogens is 530 g/mol. The number of rotatable bonds is 7. The molecule has 0 N–H and O–H groups in total. The summed E-state index contributed by atoms with van der Waals surface area (Å²) in [6.45, 7) is 4.15. The van der Waals surface area contributed by atoms with E-state index in [2.05, 4.69) is 4.98 Å². The number of carbonyl (C=O) groups is 6. The highest BCUT2D eigenvalue weighted by Gasteiger charge is 2.53. The zero-order valence-electron chi connectivity index (χ0n) is 22.3. The highest BCUT2D eigenvalue weighted by molar-refractivity contribution is 6.34. The Bertz CT molecular complexity index is 1430. The lowest BCUT2D eigenvalue weighted by atomic mass is 9.97. The summed E-state index contributed by atoms with van der Waals surface area (Å²) in [4.78, 5) is 78.4. The summed E-state index contributed by atoms with van der Waals surface area (Å²) >= 11 is 0. The summed E-state index contributed by atoms with van der Waals surface area (Å²) in [5.74, 6) is -3.98. The Morgan fingerprint density at radius 3 is 2.12 bits per heavy atom. The van der Waals surface area contributed by atoms with Gasteiger partial charge in [0.1, 0.15) is 18.4 Å². The maximum atomic E-state index is 12.8. The molecule has 2 aromatic rings. The van der Waals surface area contributed by atoms with Gasteiger partial charge in [-0.2, -0.15) is 0 Å². The van der Waals surface area contributed by atoms with Crippen LogP contribution < -0.4 is 0 Å². The number of likely N-dealkylation sites (N-methyl/N-ethyl adjacent to an activating group) is 1. The molecule has 1 fully saturated rings. The van der Waals surface area contributed by atoms with Crippen molar-refractivity contribution >= 4 is 52.3 Å². The van der Waals surface area contributed by atoms with Crippen molar-refractivity contribution in [2.24, 2.45) is 0 Å². The van der Waals surface area contributed by atoms with E-state index in [1.54, 1.807) is 12.1 Å². The van der Waals surface area contributed by atoms with Crippen LogP contribution in [-0.2, 0) is 52.5 Å². The van der Waals surface area contributed by atoms with Crippen molar-refractivity contribution in [3.63, 3.8) is 0 Å². The van der Waals surface area contributed by atoms with E-state index in [1.165, 1.54) is 37.0 Å². The van der Waals surface area contributed by atoms with Crippen LogP contribution in [0.25, 0.3) is 16.6 Å². The summed E-state index contributed by atoms with van der Waals surface area (Å²) in [6.07, 6.45) is -2.40. The molecule has 0 spiro atoms. The lowest BCUT2D eigenvalue weighted by Crippen LogP contribution is -2.60. The van der Waals surface area contributed by atoms with E-state index in [9.17, 15) is 28.8 Å². The third kappa shape index (κ3) is 5.57. The Balaban J connectivity index is 1.90. The average molecular weight is 558 g/mol. The van der Waals surface area contributed by atoms with Crippen LogP contribution in [0.2, 0.25) is 0 Å². The van der Waals surface area contributed by atoms with Crippen LogP contribution in [0.4, 0.5) is 0 Å². The molecule has 0 aliphatic carbocycles. The number of esters is 4. The van der Waals surface area contributed by atoms with Gasteiger partial charge < -0.3 is 28.3 Å². The average Bonchev–Trinajstić information content (AvgIpc) is 3.37. The molecule has 212 valence electrons. The number of amides is 2. The standard InChI is InChI=1S/C26H27N3O11/c1-12(30)36-11-19-21(37-13(2)31)22(38-14(3)32)23(39-15(4)33)26(40-19)29-10-18(16-7-6-8-27-24(16)29)17-9-20(34)28(5)25(17)35/h6-10,19,21-23,26H,11H2,1-5H3/t19-,21-,22+,23-,26-/m1/s1. The molecule has 0 unspecified atom stereocenters. The Kier molecular flexibility index (Phi) is 8.00. The molecule has 0 bridgehead atoms. The predicted molar refractivity (Wildman–Crippen MR) is 133 cm³/mol. The van der Waals surface area contributed by atoms with E-state index in [4.69, 9.17) is 23.7 Å². The van der Waals surface area contributed by atoms with E-state index in [0.717, 1.165) is 25.7 Å². The van der Waals surface area contributed by atoms with Gasteiger partial charge in [-0.1, -0.05) is 0 Å². The number of fused-ring (bicyclic) bond motifs is 1. The molecule has 14 heteroatoms. The Morgan fingerprint density at radius 2 is 1.55 bits per heavy atom. The second kappa shape index (κ2) is 11.3. The first-order valence-electron chi connectivity index (χ1n) is 12.2. The number of aromatic nitrogens is 2. The molecule has 4 heterocycles. The molecule has 2 aliphatic heterocycles. The molecule has 5 atom stereocenters. The monoisotopic (exact) mass is 557 g/mol. The number of imide groups is 1. The first-order valence-corrected chi connectivity index (χ1v) is 12.2. The second-order valence-corrected chi connectivity index (χ2v) is 9.17. The topological polar surface area (TPSA) is 170 Å². The molecular formula is C26H27N3O11. The molecule has 0 aromatic carbocycles. The van der Waals surface area contributed by atoms with E-state index in [0.29, 0.717) is 10.9 Å². The summed E-state index contributed by atoms with van der Waals surface area (Å²) in [5.41, 5.74) is 0.725. The van der Waals surface area contributed by atoms with E-state index in [-0.39, 0.29) is 11.2 Å². The molecule has 2 aliphatic rings. The Hall–Kier alpha value is -4.59. The normalized spacial score (nSPS) is 24.5. The minimum Gasteiger partial charge on any atom is -0.463 e. The number of carbonyl (C=O) groups excluding carboxylic acids is 6. The quantitative estimate of drug-likeness (QED) is 0.265. The van der Waals surface area contributed by atoms with E-state index >= 15 is 0 Å². The predicted octanol–water partition coefficient (Wildman–Crippen LogP) is 0.674. The van der Waals surface area contributed by atoms with Crippen LogP contribution in [0.1, 0.15) is 39.5 Å².